The Balaban J connectivity index is 2.54. The van der Waals surface area contributed by atoms with E-state index in [-0.39, 0.29) is 31.1 Å². The van der Waals surface area contributed by atoms with Gasteiger partial charge in [-0.25, -0.2) is 9.98 Å². The Morgan fingerprint density at radius 2 is 1.96 bits per heavy atom. The van der Waals surface area contributed by atoms with Gasteiger partial charge >= 0.3 is 6.18 Å². The Morgan fingerprint density at radius 3 is 2.56 bits per heavy atom. The van der Waals surface area contributed by atoms with Gasteiger partial charge in [-0.3, -0.25) is 4.79 Å². The third kappa shape index (κ3) is 9.11. The van der Waals surface area contributed by atoms with Gasteiger partial charge < -0.3 is 20.7 Å². The van der Waals surface area contributed by atoms with Crippen LogP contribution in [0.25, 0.3) is 0 Å². The summed E-state index contributed by atoms with van der Waals surface area (Å²) in [6, 6.07) is 2.11. The van der Waals surface area contributed by atoms with E-state index in [1.54, 1.807) is 0 Å². The maximum absolute atomic E-state index is 12.9. The first-order chi connectivity index (χ1) is 12.5. The van der Waals surface area contributed by atoms with Crippen molar-refractivity contribution in [2.24, 2.45) is 4.99 Å². The fourth-order valence-electron chi connectivity index (χ4n) is 1.99. The SMILES string of the molecule is CCNC(=NCC(=O)NC(C)(C)C)NCCOc1ncccc1C(F)(F)F. The molecule has 1 aromatic rings. The van der Waals surface area contributed by atoms with Gasteiger partial charge in [0.1, 0.15) is 18.7 Å². The van der Waals surface area contributed by atoms with Crippen molar-refractivity contribution in [2.45, 2.75) is 39.4 Å². The second kappa shape index (κ2) is 9.98. The zero-order chi connectivity index (χ0) is 20.5. The number of hydrogen-bond donors (Lipinski definition) is 3. The molecule has 0 atom stereocenters. The number of pyridine rings is 1. The van der Waals surface area contributed by atoms with Gasteiger partial charge in [0, 0.05) is 18.3 Å². The number of ether oxygens (including phenoxy) is 1. The van der Waals surface area contributed by atoms with Crippen molar-refractivity contribution in [2.75, 3.05) is 26.2 Å². The molecule has 0 aromatic carbocycles. The second-order valence-electron chi connectivity index (χ2n) is 6.62. The van der Waals surface area contributed by atoms with Crippen LogP contribution in [0.3, 0.4) is 0 Å². The first-order valence-corrected chi connectivity index (χ1v) is 8.51. The molecule has 0 spiro atoms. The van der Waals surface area contributed by atoms with Crippen LogP contribution in [0, 0.1) is 0 Å². The first-order valence-electron chi connectivity index (χ1n) is 8.51. The molecule has 1 heterocycles. The summed E-state index contributed by atoms with van der Waals surface area (Å²) in [5.41, 5.74) is -1.28. The molecule has 0 saturated heterocycles. The van der Waals surface area contributed by atoms with Crippen LogP contribution in [-0.4, -0.2) is 48.6 Å². The number of carbonyl (C=O) groups is 1. The summed E-state index contributed by atoms with van der Waals surface area (Å²) in [5.74, 6) is -0.347. The Labute approximate surface area is 156 Å². The minimum Gasteiger partial charge on any atom is -0.475 e. The van der Waals surface area contributed by atoms with E-state index < -0.39 is 17.6 Å². The van der Waals surface area contributed by atoms with Gasteiger partial charge in [-0.05, 0) is 39.8 Å². The van der Waals surface area contributed by atoms with E-state index in [1.807, 2.05) is 27.7 Å². The number of aromatic nitrogens is 1. The monoisotopic (exact) mass is 389 g/mol. The lowest BCUT2D eigenvalue weighted by Gasteiger charge is -2.20. The molecule has 0 unspecified atom stereocenters. The number of aliphatic imine (C=N–C) groups is 1. The fraction of sp³-hybridized carbons (Fsp3) is 0.588. The molecule has 152 valence electrons. The number of carbonyl (C=O) groups excluding carboxylic acids is 1. The molecule has 3 N–H and O–H groups in total. The molecule has 27 heavy (non-hydrogen) atoms. The number of guanidine groups is 1. The maximum atomic E-state index is 12.9. The van der Waals surface area contributed by atoms with Gasteiger partial charge in [0.25, 0.3) is 0 Å². The first kappa shape index (κ1) is 22.5. The Bertz CT molecular complexity index is 642. The smallest absolute Gasteiger partial charge is 0.421 e. The molecular formula is C17H26F3N5O2. The summed E-state index contributed by atoms with van der Waals surface area (Å²) in [7, 11) is 0. The fourth-order valence-corrected chi connectivity index (χ4v) is 1.99. The van der Waals surface area contributed by atoms with E-state index in [4.69, 9.17) is 4.74 Å². The Kier molecular flexibility index (Phi) is 8.32. The van der Waals surface area contributed by atoms with E-state index in [2.05, 4.69) is 25.9 Å². The lowest BCUT2D eigenvalue weighted by atomic mass is 10.1. The normalized spacial score (nSPS) is 12.5. The number of halogens is 3. The zero-order valence-corrected chi connectivity index (χ0v) is 15.9. The minimum absolute atomic E-state index is 0.0569. The lowest BCUT2D eigenvalue weighted by Crippen LogP contribution is -2.43. The number of nitrogens with one attached hydrogen (secondary N) is 3. The molecule has 7 nitrogen and oxygen atoms in total. The molecule has 0 bridgehead atoms. The van der Waals surface area contributed by atoms with Crippen molar-refractivity contribution in [3.8, 4) is 5.88 Å². The van der Waals surface area contributed by atoms with Crippen molar-refractivity contribution in [1.29, 1.82) is 0 Å². The van der Waals surface area contributed by atoms with Crippen LogP contribution >= 0.6 is 0 Å². The Morgan fingerprint density at radius 1 is 1.26 bits per heavy atom. The number of rotatable bonds is 7. The maximum Gasteiger partial charge on any atom is 0.421 e. The molecule has 0 aliphatic heterocycles. The standard InChI is InChI=1S/C17H26F3N5O2/c1-5-21-15(24-11-13(26)25-16(2,3)4)23-9-10-27-14-12(17(18,19)20)7-6-8-22-14/h6-8H,5,9-11H2,1-4H3,(H,25,26)(H2,21,23,24). The quantitative estimate of drug-likeness (QED) is 0.377. The predicted molar refractivity (Wildman–Crippen MR) is 96.6 cm³/mol. The van der Waals surface area contributed by atoms with E-state index >= 15 is 0 Å². The van der Waals surface area contributed by atoms with Gasteiger partial charge in [0.05, 0.1) is 6.54 Å². The third-order valence-electron chi connectivity index (χ3n) is 2.95. The molecule has 1 aromatic heterocycles. The second-order valence-corrected chi connectivity index (χ2v) is 6.62. The highest BCUT2D eigenvalue weighted by Gasteiger charge is 2.34. The largest absolute Gasteiger partial charge is 0.475 e. The van der Waals surface area contributed by atoms with E-state index in [0.717, 1.165) is 6.07 Å². The van der Waals surface area contributed by atoms with Crippen molar-refractivity contribution in [3.63, 3.8) is 0 Å². The number of alkyl halides is 3. The summed E-state index contributed by atoms with van der Waals surface area (Å²) >= 11 is 0. The van der Waals surface area contributed by atoms with E-state index in [1.165, 1.54) is 12.3 Å². The Hall–Kier alpha value is -2.52. The minimum atomic E-state index is -4.53. The number of nitrogens with zero attached hydrogens (tertiary/aromatic N) is 2. The average Bonchev–Trinajstić information content (AvgIpc) is 2.54. The van der Waals surface area contributed by atoms with Crippen LogP contribution in [0.4, 0.5) is 13.2 Å². The van der Waals surface area contributed by atoms with Crippen molar-refractivity contribution < 1.29 is 22.7 Å². The van der Waals surface area contributed by atoms with Crippen LogP contribution < -0.4 is 20.7 Å². The van der Waals surface area contributed by atoms with Gasteiger partial charge in [0.2, 0.25) is 11.8 Å². The van der Waals surface area contributed by atoms with Crippen LogP contribution in [-0.2, 0) is 11.0 Å². The van der Waals surface area contributed by atoms with Crippen molar-refractivity contribution >= 4 is 11.9 Å². The van der Waals surface area contributed by atoms with Crippen LogP contribution in [0.2, 0.25) is 0 Å². The molecule has 0 radical (unpaired) electrons. The van der Waals surface area contributed by atoms with Gasteiger partial charge in [-0.2, -0.15) is 13.2 Å². The topological polar surface area (TPSA) is 87.6 Å². The molecule has 0 aliphatic rings. The van der Waals surface area contributed by atoms with Crippen LogP contribution in [0.1, 0.15) is 33.3 Å². The summed E-state index contributed by atoms with van der Waals surface area (Å²) in [6.45, 7) is 8.05. The molecular weight excluding hydrogens is 363 g/mol. The van der Waals surface area contributed by atoms with E-state index in [9.17, 15) is 18.0 Å². The highest BCUT2D eigenvalue weighted by Crippen LogP contribution is 2.34. The zero-order valence-electron chi connectivity index (χ0n) is 15.9. The van der Waals surface area contributed by atoms with Crippen LogP contribution in [0.5, 0.6) is 5.88 Å². The molecule has 0 aliphatic carbocycles. The third-order valence-corrected chi connectivity index (χ3v) is 2.95. The summed E-state index contributed by atoms with van der Waals surface area (Å²) < 4.78 is 43.8. The summed E-state index contributed by atoms with van der Waals surface area (Å²) in [5, 5.41) is 8.62. The molecule has 1 amide bonds. The summed E-state index contributed by atoms with van der Waals surface area (Å²) in [4.78, 5) is 19.6. The molecule has 0 fully saturated rings. The average molecular weight is 389 g/mol. The van der Waals surface area contributed by atoms with Gasteiger partial charge in [-0.1, -0.05) is 0 Å². The highest BCUT2D eigenvalue weighted by atomic mass is 19.4. The molecule has 0 saturated carbocycles. The molecule has 1 rings (SSSR count). The van der Waals surface area contributed by atoms with Crippen molar-refractivity contribution in [1.82, 2.24) is 20.9 Å². The molecule has 10 heteroatoms. The lowest BCUT2D eigenvalue weighted by molar-refractivity contribution is -0.139. The van der Waals surface area contributed by atoms with Crippen molar-refractivity contribution in [3.05, 3.63) is 23.9 Å². The highest BCUT2D eigenvalue weighted by molar-refractivity contribution is 5.85. The van der Waals surface area contributed by atoms with Gasteiger partial charge in [0.15, 0.2) is 5.96 Å². The summed E-state index contributed by atoms with van der Waals surface area (Å²) in [6.07, 6.45) is -3.30. The van der Waals surface area contributed by atoms with Crippen LogP contribution in [0.15, 0.2) is 23.3 Å². The van der Waals surface area contributed by atoms with E-state index in [0.29, 0.717) is 12.5 Å². The number of amides is 1. The predicted octanol–water partition coefficient (Wildman–Crippen LogP) is 1.95. The number of hydrogen-bond acceptors (Lipinski definition) is 4. The van der Waals surface area contributed by atoms with Gasteiger partial charge in [-0.15, -0.1) is 0 Å².